The lowest BCUT2D eigenvalue weighted by molar-refractivity contribution is -0.137. The fourth-order valence-electron chi connectivity index (χ4n) is 3.05. The molecule has 0 radical (unpaired) electrons. The number of rotatable bonds is 3. The molecule has 0 bridgehead atoms. The summed E-state index contributed by atoms with van der Waals surface area (Å²) in [6, 6.07) is 5.53. The average Bonchev–Trinajstić information content (AvgIpc) is 2.67. The maximum Gasteiger partial charge on any atom is 0.416 e. The van der Waals surface area contributed by atoms with Crippen molar-refractivity contribution in [3.05, 3.63) is 35.4 Å². The van der Waals surface area contributed by atoms with Gasteiger partial charge in [0.05, 0.1) is 5.56 Å². The first-order valence-electron chi connectivity index (χ1n) is 7.38. The fourth-order valence-corrected chi connectivity index (χ4v) is 3.05. The molecule has 1 fully saturated rings. The molecule has 1 aliphatic rings. The first-order valence-corrected chi connectivity index (χ1v) is 7.38. The Labute approximate surface area is 118 Å². The molecule has 1 aliphatic carbocycles. The topological polar surface area (TPSA) is 26.0 Å². The van der Waals surface area contributed by atoms with Gasteiger partial charge >= 0.3 is 6.18 Å². The van der Waals surface area contributed by atoms with E-state index in [0.29, 0.717) is 17.9 Å². The van der Waals surface area contributed by atoms with Crippen LogP contribution in [0.15, 0.2) is 24.3 Å². The van der Waals surface area contributed by atoms with Crippen LogP contribution in [0.2, 0.25) is 0 Å². The first-order chi connectivity index (χ1) is 9.47. The van der Waals surface area contributed by atoms with Gasteiger partial charge in [0.2, 0.25) is 0 Å². The lowest BCUT2D eigenvalue weighted by Crippen LogP contribution is -2.32. The molecule has 1 aromatic carbocycles. The molecule has 0 aromatic heterocycles. The summed E-state index contributed by atoms with van der Waals surface area (Å²) in [7, 11) is 0. The van der Waals surface area contributed by atoms with E-state index in [1.165, 1.54) is 37.8 Å². The molecule has 1 unspecified atom stereocenters. The molecule has 112 valence electrons. The van der Waals surface area contributed by atoms with E-state index < -0.39 is 11.7 Å². The van der Waals surface area contributed by atoms with Crippen molar-refractivity contribution in [3.63, 3.8) is 0 Å². The van der Waals surface area contributed by atoms with Gasteiger partial charge in [-0.2, -0.15) is 13.2 Å². The van der Waals surface area contributed by atoms with Crippen molar-refractivity contribution in [2.24, 2.45) is 11.7 Å². The number of benzene rings is 1. The Kier molecular flexibility index (Phi) is 5.08. The maximum atomic E-state index is 12.7. The van der Waals surface area contributed by atoms with Crippen LogP contribution in [0.3, 0.4) is 0 Å². The summed E-state index contributed by atoms with van der Waals surface area (Å²) >= 11 is 0. The smallest absolute Gasteiger partial charge is 0.327 e. The highest BCUT2D eigenvalue weighted by atomic mass is 19.4. The molecule has 0 aliphatic heterocycles. The summed E-state index contributed by atoms with van der Waals surface area (Å²) in [6.45, 7) is 0. The molecule has 1 aromatic rings. The van der Waals surface area contributed by atoms with E-state index in [4.69, 9.17) is 5.73 Å². The van der Waals surface area contributed by atoms with Crippen molar-refractivity contribution < 1.29 is 13.2 Å². The Hall–Kier alpha value is -1.03. The summed E-state index contributed by atoms with van der Waals surface area (Å²) in [5, 5.41) is 0. The van der Waals surface area contributed by atoms with Crippen molar-refractivity contribution in [2.45, 2.75) is 57.2 Å². The Morgan fingerprint density at radius 2 is 1.75 bits per heavy atom. The van der Waals surface area contributed by atoms with E-state index in [9.17, 15) is 13.2 Å². The molecule has 0 amide bonds. The first kappa shape index (κ1) is 15.4. The third-order valence-corrected chi connectivity index (χ3v) is 4.23. The van der Waals surface area contributed by atoms with Crippen molar-refractivity contribution in [1.82, 2.24) is 0 Å². The summed E-state index contributed by atoms with van der Waals surface area (Å²) in [5.74, 6) is 0.451. The van der Waals surface area contributed by atoms with Crippen molar-refractivity contribution >= 4 is 0 Å². The molecule has 4 heteroatoms. The van der Waals surface area contributed by atoms with Gasteiger partial charge in [-0.1, -0.05) is 43.9 Å². The van der Waals surface area contributed by atoms with E-state index in [1.54, 1.807) is 6.07 Å². The molecular formula is C16H22F3N. The third kappa shape index (κ3) is 4.23. The van der Waals surface area contributed by atoms with Gasteiger partial charge in [0.25, 0.3) is 0 Å². The van der Waals surface area contributed by atoms with Crippen molar-refractivity contribution in [2.75, 3.05) is 0 Å². The van der Waals surface area contributed by atoms with Gasteiger partial charge in [0.1, 0.15) is 0 Å². The normalized spacial score (nSPS) is 19.6. The Morgan fingerprint density at radius 1 is 1.10 bits per heavy atom. The minimum atomic E-state index is -4.28. The summed E-state index contributed by atoms with van der Waals surface area (Å²) in [5.41, 5.74) is 6.34. The second-order valence-corrected chi connectivity index (χ2v) is 5.82. The summed E-state index contributed by atoms with van der Waals surface area (Å²) < 4.78 is 38.0. The standard InChI is InChI=1S/C16H22F3N/c17-16(18,19)14-9-5-6-12(10-14)11-15(20)13-7-3-1-2-4-8-13/h5-6,9-10,13,15H,1-4,7-8,11,20H2. The highest BCUT2D eigenvalue weighted by Gasteiger charge is 2.30. The summed E-state index contributed by atoms with van der Waals surface area (Å²) in [6.07, 6.45) is 3.39. The van der Waals surface area contributed by atoms with Gasteiger partial charge in [-0.05, 0) is 36.8 Å². The zero-order valence-electron chi connectivity index (χ0n) is 11.6. The Balaban J connectivity index is 2.01. The lowest BCUT2D eigenvalue weighted by Gasteiger charge is -2.22. The largest absolute Gasteiger partial charge is 0.416 e. The minimum absolute atomic E-state index is 0.0309. The molecule has 1 nitrogen and oxygen atoms in total. The van der Waals surface area contributed by atoms with Crippen LogP contribution in [0.5, 0.6) is 0 Å². The van der Waals surface area contributed by atoms with Crippen LogP contribution < -0.4 is 5.73 Å². The fraction of sp³-hybridized carbons (Fsp3) is 0.625. The molecule has 2 rings (SSSR count). The third-order valence-electron chi connectivity index (χ3n) is 4.23. The van der Waals surface area contributed by atoms with Crippen LogP contribution in [0.1, 0.15) is 49.7 Å². The van der Waals surface area contributed by atoms with Gasteiger partial charge in [0.15, 0.2) is 0 Å². The van der Waals surface area contributed by atoms with Crippen LogP contribution in [0.25, 0.3) is 0 Å². The number of hydrogen-bond donors (Lipinski definition) is 1. The number of hydrogen-bond acceptors (Lipinski definition) is 1. The number of nitrogens with two attached hydrogens (primary N) is 1. The van der Waals surface area contributed by atoms with Gasteiger partial charge in [-0.3, -0.25) is 0 Å². The van der Waals surface area contributed by atoms with Crippen molar-refractivity contribution in [1.29, 1.82) is 0 Å². The second-order valence-electron chi connectivity index (χ2n) is 5.82. The van der Waals surface area contributed by atoms with E-state index in [-0.39, 0.29) is 6.04 Å². The molecule has 0 heterocycles. The van der Waals surface area contributed by atoms with Crippen LogP contribution in [0, 0.1) is 5.92 Å². The molecule has 20 heavy (non-hydrogen) atoms. The van der Waals surface area contributed by atoms with Gasteiger partial charge < -0.3 is 5.73 Å². The van der Waals surface area contributed by atoms with Gasteiger partial charge in [-0.15, -0.1) is 0 Å². The van der Waals surface area contributed by atoms with Crippen molar-refractivity contribution in [3.8, 4) is 0 Å². The quantitative estimate of drug-likeness (QED) is 0.810. The predicted molar refractivity (Wildman–Crippen MR) is 74.3 cm³/mol. The maximum absolute atomic E-state index is 12.7. The van der Waals surface area contributed by atoms with Gasteiger partial charge in [0, 0.05) is 6.04 Å². The second kappa shape index (κ2) is 6.61. The van der Waals surface area contributed by atoms with E-state index in [2.05, 4.69) is 0 Å². The Bertz CT molecular complexity index is 420. The van der Waals surface area contributed by atoms with Gasteiger partial charge in [-0.25, -0.2) is 0 Å². The lowest BCUT2D eigenvalue weighted by atomic mass is 9.88. The average molecular weight is 285 g/mol. The van der Waals surface area contributed by atoms with Crippen LogP contribution in [-0.2, 0) is 12.6 Å². The molecule has 0 spiro atoms. The zero-order valence-corrected chi connectivity index (χ0v) is 11.6. The van der Waals surface area contributed by atoms with E-state index >= 15 is 0 Å². The van der Waals surface area contributed by atoms with E-state index in [1.807, 2.05) is 0 Å². The van der Waals surface area contributed by atoms with Crippen LogP contribution in [-0.4, -0.2) is 6.04 Å². The zero-order chi connectivity index (χ0) is 14.6. The Morgan fingerprint density at radius 3 is 2.35 bits per heavy atom. The van der Waals surface area contributed by atoms with Crippen LogP contribution in [0.4, 0.5) is 13.2 Å². The molecule has 1 saturated carbocycles. The predicted octanol–water partition coefficient (Wildman–Crippen LogP) is 4.55. The SMILES string of the molecule is NC(Cc1cccc(C(F)(F)F)c1)C1CCCCCC1. The molecular weight excluding hydrogens is 263 g/mol. The highest BCUT2D eigenvalue weighted by Crippen LogP contribution is 2.31. The number of halogens is 3. The minimum Gasteiger partial charge on any atom is -0.327 e. The number of alkyl halides is 3. The summed E-state index contributed by atoms with van der Waals surface area (Å²) in [4.78, 5) is 0. The van der Waals surface area contributed by atoms with Crippen LogP contribution >= 0.6 is 0 Å². The van der Waals surface area contributed by atoms with E-state index in [0.717, 1.165) is 18.9 Å². The molecule has 0 saturated heterocycles. The molecule has 1 atom stereocenters. The highest BCUT2D eigenvalue weighted by molar-refractivity contribution is 5.26. The monoisotopic (exact) mass is 285 g/mol. The molecule has 2 N–H and O–H groups in total.